The molecule has 0 radical (unpaired) electrons. The number of nitrogens with zero attached hydrogens (tertiary/aromatic N) is 1. The van der Waals surface area contributed by atoms with E-state index in [1.165, 1.54) is 11.3 Å². The maximum Gasteiger partial charge on any atom is 0.0642 e. The molecular formula is C12H17ClN2. The van der Waals surface area contributed by atoms with Crippen LogP contribution in [0.2, 0.25) is 5.02 Å². The van der Waals surface area contributed by atoms with Crippen LogP contribution in [0.3, 0.4) is 0 Å². The third-order valence-electron chi connectivity index (χ3n) is 3.04. The van der Waals surface area contributed by atoms with E-state index in [1.807, 2.05) is 12.1 Å². The number of hydrogen-bond acceptors (Lipinski definition) is 2. The molecule has 15 heavy (non-hydrogen) atoms. The molecule has 0 aliphatic carbocycles. The monoisotopic (exact) mass is 224 g/mol. The van der Waals surface area contributed by atoms with Gasteiger partial charge in [-0.1, -0.05) is 23.7 Å². The molecule has 1 aliphatic rings. The lowest BCUT2D eigenvalue weighted by atomic mass is 10.0. The lowest BCUT2D eigenvalue weighted by Crippen LogP contribution is -2.40. The van der Waals surface area contributed by atoms with E-state index in [4.69, 9.17) is 17.3 Å². The van der Waals surface area contributed by atoms with Gasteiger partial charge >= 0.3 is 0 Å². The minimum Gasteiger partial charge on any atom is -0.370 e. The fourth-order valence-electron chi connectivity index (χ4n) is 2.15. The molecule has 0 aromatic heterocycles. The van der Waals surface area contributed by atoms with Crippen molar-refractivity contribution in [2.75, 3.05) is 18.0 Å². The van der Waals surface area contributed by atoms with Crippen LogP contribution in [-0.2, 0) is 0 Å². The van der Waals surface area contributed by atoms with Gasteiger partial charge in [0.25, 0.3) is 0 Å². The van der Waals surface area contributed by atoms with Gasteiger partial charge in [-0.3, -0.25) is 0 Å². The first-order chi connectivity index (χ1) is 7.18. The van der Waals surface area contributed by atoms with Gasteiger partial charge in [0.1, 0.15) is 0 Å². The quantitative estimate of drug-likeness (QED) is 0.795. The van der Waals surface area contributed by atoms with Crippen molar-refractivity contribution in [1.82, 2.24) is 0 Å². The first kappa shape index (κ1) is 10.8. The van der Waals surface area contributed by atoms with Gasteiger partial charge in [-0.15, -0.1) is 0 Å². The molecule has 2 rings (SSSR count). The van der Waals surface area contributed by atoms with Crippen molar-refractivity contribution in [2.24, 2.45) is 5.73 Å². The van der Waals surface area contributed by atoms with Gasteiger partial charge in [-0.05, 0) is 31.4 Å². The van der Waals surface area contributed by atoms with Crippen molar-refractivity contribution < 1.29 is 0 Å². The molecule has 1 aromatic rings. The highest BCUT2D eigenvalue weighted by Gasteiger charge is 2.19. The van der Waals surface area contributed by atoms with Gasteiger partial charge in [0, 0.05) is 19.1 Å². The zero-order chi connectivity index (χ0) is 10.8. The van der Waals surface area contributed by atoms with Crippen LogP contribution >= 0.6 is 11.6 Å². The Labute approximate surface area is 96.0 Å². The molecule has 0 saturated carbocycles. The van der Waals surface area contributed by atoms with Gasteiger partial charge in [-0.25, -0.2) is 0 Å². The molecule has 1 heterocycles. The number of benzene rings is 1. The second-order valence-electron chi connectivity index (χ2n) is 4.23. The largest absolute Gasteiger partial charge is 0.370 e. The third-order valence-corrected chi connectivity index (χ3v) is 3.35. The van der Waals surface area contributed by atoms with Crippen molar-refractivity contribution in [3.05, 3.63) is 28.8 Å². The van der Waals surface area contributed by atoms with Crippen LogP contribution in [0.5, 0.6) is 0 Å². The van der Waals surface area contributed by atoms with Crippen LogP contribution in [-0.4, -0.2) is 19.1 Å². The summed E-state index contributed by atoms with van der Waals surface area (Å²) in [6.07, 6.45) is 2.12. The summed E-state index contributed by atoms with van der Waals surface area (Å²) in [5.41, 5.74) is 8.33. The number of nitrogens with two attached hydrogens (primary N) is 1. The van der Waals surface area contributed by atoms with Gasteiger partial charge in [0.15, 0.2) is 0 Å². The Balaban J connectivity index is 2.22. The Hall–Kier alpha value is -0.730. The minimum atomic E-state index is 0.365. The molecule has 1 fully saturated rings. The smallest absolute Gasteiger partial charge is 0.0642 e. The second-order valence-corrected chi connectivity index (χ2v) is 4.64. The van der Waals surface area contributed by atoms with E-state index in [9.17, 15) is 0 Å². The van der Waals surface area contributed by atoms with Crippen LogP contribution in [0.25, 0.3) is 0 Å². The average Bonchev–Trinajstić information content (AvgIpc) is 2.20. The summed E-state index contributed by atoms with van der Waals surface area (Å²) in [7, 11) is 0. The van der Waals surface area contributed by atoms with Crippen LogP contribution in [0.4, 0.5) is 5.69 Å². The van der Waals surface area contributed by atoms with Crippen LogP contribution < -0.4 is 10.6 Å². The lowest BCUT2D eigenvalue weighted by molar-refractivity contribution is 0.501. The summed E-state index contributed by atoms with van der Waals surface area (Å²) in [6.45, 7) is 4.15. The van der Waals surface area contributed by atoms with Crippen molar-refractivity contribution >= 4 is 17.3 Å². The van der Waals surface area contributed by atoms with Gasteiger partial charge in [0.2, 0.25) is 0 Å². The molecule has 0 spiro atoms. The van der Waals surface area contributed by atoms with Crippen molar-refractivity contribution in [3.8, 4) is 0 Å². The van der Waals surface area contributed by atoms with E-state index < -0.39 is 0 Å². The second kappa shape index (κ2) is 4.42. The first-order valence-corrected chi connectivity index (χ1v) is 5.82. The van der Waals surface area contributed by atoms with E-state index in [0.717, 1.165) is 31.0 Å². The van der Waals surface area contributed by atoms with Crippen molar-refractivity contribution in [3.63, 3.8) is 0 Å². The Morgan fingerprint density at radius 2 is 2.00 bits per heavy atom. The van der Waals surface area contributed by atoms with E-state index in [-0.39, 0.29) is 0 Å². The van der Waals surface area contributed by atoms with Crippen molar-refractivity contribution in [2.45, 2.75) is 25.8 Å². The number of para-hydroxylation sites is 1. The number of aryl methyl sites for hydroxylation is 1. The Bertz CT molecular complexity index is 323. The topological polar surface area (TPSA) is 29.3 Å². The molecule has 82 valence electrons. The highest BCUT2D eigenvalue weighted by atomic mass is 35.5. The predicted molar refractivity (Wildman–Crippen MR) is 65.6 cm³/mol. The molecule has 1 saturated heterocycles. The van der Waals surface area contributed by atoms with Crippen LogP contribution in [0.15, 0.2) is 18.2 Å². The summed E-state index contributed by atoms with van der Waals surface area (Å²) in [6, 6.07) is 6.43. The summed E-state index contributed by atoms with van der Waals surface area (Å²) in [4.78, 5) is 2.35. The van der Waals surface area contributed by atoms with Crippen LogP contribution in [0, 0.1) is 6.92 Å². The van der Waals surface area contributed by atoms with E-state index >= 15 is 0 Å². The fraction of sp³-hybridized carbons (Fsp3) is 0.500. The standard InChI is InChI=1S/C12H17ClN2/c1-9-3-2-4-11(13)12(9)15-7-5-10(14)6-8-15/h2-4,10H,5-8,14H2,1H3. The SMILES string of the molecule is Cc1cccc(Cl)c1N1CCC(N)CC1. The number of anilines is 1. The van der Waals surface area contributed by atoms with Crippen LogP contribution in [0.1, 0.15) is 18.4 Å². The van der Waals surface area contributed by atoms with Gasteiger partial charge in [0.05, 0.1) is 10.7 Å². The summed E-state index contributed by atoms with van der Waals surface area (Å²) in [5.74, 6) is 0. The zero-order valence-electron chi connectivity index (χ0n) is 9.04. The molecule has 0 atom stereocenters. The molecular weight excluding hydrogens is 208 g/mol. The molecule has 1 aromatic carbocycles. The van der Waals surface area contributed by atoms with Crippen molar-refractivity contribution in [1.29, 1.82) is 0 Å². The Kier molecular flexibility index (Phi) is 3.17. The third kappa shape index (κ3) is 2.27. The number of hydrogen-bond donors (Lipinski definition) is 1. The van der Waals surface area contributed by atoms with Gasteiger partial charge in [-0.2, -0.15) is 0 Å². The molecule has 0 unspecified atom stereocenters. The van der Waals surface area contributed by atoms with E-state index in [1.54, 1.807) is 0 Å². The molecule has 3 heteroatoms. The minimum absolute atomic E-state index is 0.365. The summed E-state index contributed by atoms with van der Waals surface area (Å²) >= 11 is 6.23. The number of rotatable bonds is 1. The number of halogens is 1. The molecule has 0 amide bonds. The fourth-order valence-corrected chi connectivity index (χ4v) is 2.49. The highest BCUT2D eigenvalue weighted by Crippen LogP contribution is 2.31. The summed E-state index contributed by atoms with van der Waals surface area (Å²) < 4.78 is 0. The number of piperidine rings is 1. The normalized spacial score (nSPS) is 18.2. The highest BCUT2D eigenvalue weighted by molar-refractivity contribution is 6.33. The Morgan fingerprint density at radius 3 is 2.60 bits per heavy atom. The predicted octanol–water partition coefficient (Wildman–Crippen LogP) is 2.58. The molecule has 1 aliphatic heterocycles. The zero-order valence-corrected chi connectivity index (χ0v) is 9.80. The Morgan fingerprint density at radius 1 is 1.33 bits per heavy atom. The van der Waals surface area contributed by atoms with E-state index in [0.29, 0.717) is 6.04 Å². The molecule has 0 bridgehead atoms. The maximum absolute atomic E-state index is 6.23. The molecule has 2 nitrogen and oxygen atoms in total. The lowest BCUT2D eigenvalue weighted by Gasteiger charge is -2.33. The summed E-state index contributed by atoms with van der Waals surface area (Å²) in [5, 5.41) is 0.852. The maximum atomic E-state index is 6.23. The molecule has 2 N–H and O–H groups in total. The van der Waals surface area contributed by atoms with E-state index in [2.05, 4.69) is 17.9 Å². The average molecular weight is 225 g/mol. The first-order valence-electron chi connectivity index (χ1n) is 5.44. The van der Waals surface area contributed by atoms with Gasteiger partial charge < -0.3 is 10.6 Å².